The van der Waals surface area contributed by atoms with Crippen LogP contribution >= 0.6 is 11.6 Å². The summed E-state index contributed by atoms with van der Waals surface area (Å²) in [7, 11) is 0. The molecule has 0 spiro atoms. The Morgan fingerprint density at radius 1 is 0.947 bits per heavy atom. The molecule has 0 saturated heterocycles. The molecule has 0 bridgehead atoms. The zero-order valence-corrected chi connectivity index (χ0v) is 11.8. The van der Waals surface area contributed by atoms with Gasteiger partial charge in [-0.3, -0.25) is 0 Å². The Morgan fingerprint density at radius 3 is 2.47 bits per heavy atom. The lowest BCUT2D eigenvalue weighted by Gasteiger charge is -2.18. The van der Waals surface area contributed by atoms with Crippen molar-refractivity contribution in [1.29, 1.82) is 0 Å². The highest BCUT2D eigenvalue weighted by Gasteiger charge is 2.47. The van der Waals surface area contributed by atoms with E-state index in [1.807, 2.05) is 0 Å². The van der Waals surface area contributed by atoms with Crippen LogP contribution in [0, 0.1) is 17.8 Å². The zero-order valence-electron chi connectivity index (χ0n) is 11.1. The highest BCUT2D eigenvalue weighted by Crippen LogP contribution is 2.56. The maximum absolute atomic E-state index is 6.66. The van der Waals surface area contributed by atoms with Crippen LogP contribution in [0.25, 0.3) is 10.8 Å². The summed E-state index contributed by atoms with van der Waals surface area (Å²) in [6, 6.07) is 15.3. The normalized spacial score (nSPS) is 30.3. The molecule has 19 heavy (non-hydrogen) atoms. The summed E-state index contributed by atoms with van der Waals surface area (Å²) in [4.78, 5) is 0. The molecule has 0 aromatic heterocycles. The van der Waals surface area contributed by atoms with Crippen LogP contribution in [0.4, 0.5) is 0 Å². The summed E-state index contributed by atoms with van der Waals surface area (Å²) < 4.78 is 0. The van der Waals surface area contributed by atoms with Gasteiger partial charge in [-0.2, -0.15) is 0 Å². The van der Waals surface area contributed by atoms with Crippen molar-refractivity contribution in [3.63, 3.8) is 0 Å². The van der Waals surface area contributed by atoms with E-state index in [1.54, 1.807) is 0 Å². The van der Waals surface area contributed by atoms with Gasteiger partial charge < -0.3 is 0 Å². The topological polar surface area (TPSA) is 0 Å². The molecule has 2 aliphatic carbocycles. The predicted molar refractivity (Wildman–Crippen MR) is 81.6 cm³/mol. The molecule has 0 aliphatic heterocycles. The van der Waals surface area contributed by atoms with Crippen LogP contribution in [0.2, 0.25) is 0 Å². The molecule has 4 rings (SSSR count). The van der Waals surface area contributed by atoms with E-state index >= 15 is 0 Å². The fraction of sp³-hybridized carbons (Fsp3) is 0.444. The smallest absolute Gasteiger partial charge is 0.0404 e. The number of rotatable bonds is 3. The van der Waals surface area contributed by atoms with Crippen molar-refractivity contribution >= 4 is 22.4 Å². The Hall–Kier alpha value is -1.01. The summed E-state index contributed by atoms with van der Waals surface area (Å²) in [5.74, 6) is 2.82. The molecule has 98 valence electrons. The van der Waals surface area contributed by atoms with Crippen LogP contribution < -0.4 is 0 Å². The predicted octanol–water partition coefficient (Wildman–Crippen LogP) is 5.04. The van der Waals surface area contributed by atoms with Crippen LogP contribution in [0.15, 0.2) is 42.5 Å². The summed E-state index contributed by atoms with van der Waals surface area (Å²) in [5, 5.41) is 2.98. The van der Waals surface area contributed by atoms with Crippen molar-refractivity contribution in [2.75, 3.05) is 0 Å². The van der Waals surface area contributed by atoms with E-state index in [2.05, 4.69) is 42.5 Å². The van der Waals surface area contributed by atoms with Gasteiger partial charge >= 0.3 is 0 Å². The third kappa shape index (κ3) is 2.27. The molecule has 2 saturated carbocycles. The molecule has 2 aromatic rings. The van der Waals surface area contributed by atoms with Gasteiger partial charge in [0.15, 0.2) is 0 Å². The van der Waals surface area contributed by atoms with Gasteiger partial charge in [0.25, 0.3) is 0 Å². The Bertz CT molecular complexity index is 593. The van der Waals surface area contributed by atoms with E-state index in [9.17, 15) is 0 Å². The summed E-state index contributed by atoms with van der Waals surface area (Å²) in [6.45, 7) is 0. The van der Waals surface area contributed by atoms with E-state index in [0.29, 0.717) is 5.38 Å². The SMILES string of the molecule is ClC(Cc1ccc2ccccc2c1)C1CC2CC2C1. The van der Waals surface area contributed by atoms with Gasteiger partial charge in [-0.1, -0.05) is 42.5 Å². The standard InChI is InChI=1S/C18H19Cl/c19-18(17-10-15-9-16(15)11-17)8-12-5-6-13-3-1-2-4-14(13)7-12/h1-7,15-18H,8-11H2. The Morgan fingerprint density at radius 2 is 1.68 bits per heavy atom. The average molecular weight is 271 g/mol. The van der Waals surface area contributed by atoms with Gasteiger partial charge in [0, 0.05) is 5.38 Å². The van der Waals surface area contributed by atoms with Gasteiger partial charge in [0.2, 0.25) is 0 Å². The molecule has 2 fully saturated rings. The molecule has 3 atom stereocenters. The molecule has 0 N–H and O–H groups in total. The molecule has 0 heterocycles. The van der Waals surface area contributed by atoms with Crippen molar-refractivity contribution in [2.45, 2.75) is 31.1 Å². The largest absolute Gasteiger partial charge is 0.122 e. The third-order valence-electron chi connectivity index (χ3n) is 5.04. The maximum atomic E-state index is 6.66. The third-order valence-corrected chi connectivity index (χ3v) is 5.55. The van der Waals surface area contributed by atoms with E-state index in [-0.39, 0.29) is 0 Å². The van der Waals surface area contributed by atoms with Crippen molar-refractivity contribution in [3.8, 4) is 0 Å². The number of hydrogen-bond acceptors (Lipinski definition) is 0. The van der Waals surface area contributed by atoms with Crippen molar-refractivity contribution in [1.82, 2.24) is 0 Å². The molecule has 0 amide bonds. The van der Waals surface area contributed by atoms with E-state index < -0.39 is 0 Å². The summed E-state index contributed by atoms with van der Waals surface area (Å²) in [6.07, 6.45) is 5.27. The minimum Gasteiger partial charge on any atom is -0.122 e. The number of hydrogen-bond donors (Lipinski definition) is 0. The lowest BCUT2D eigenvalue weighted by Crippen LogP contribution is -2.16. The van der Waals surface area contributed by atoms with Gasteiger partial charge in [-0.15, -0.1) is 11.6 Å². The van der Waals surface area contributed by atoms with Crippen LogP contribution in [0.1, 0.15) is 24.8 Å². The number of fused-ring (bicyclic) bond motifs is 2. The second-order valence-electron chi connectivity index (χ2n) is 6.39. The highest BCUT2D eigenvalue weighted by molar-refractivity contribution is 6.21. The Balaban J connectivity index is 1.51. The van der Waals surface area contributed by atoms with E-state index in [1.165, 1.54) is 35.6 Å². The lowest BCUT2D eigenvalue weighted by atomic mass is 9.94. The number of halogens is 1. The minimum atomic E-state index is 0.328. The Kier molecular flexibility index (Phi) is 2.81. The molecular weight excluding hydrogens is 252 g/mol. The first-order valence-electron chi connectivity index (χ1n) is 7.41. The van der Waals surface area contributed by atoms with Gasteiger partial charge in [-0.05, 0) is 59.8 Å². The molecule has 2 aromatic carbocycles. The van der Waals surface area contributed by atoms with Gasteiger partial charge in [-0.25, -0.2) is 0 Å². The average Bonchev–Trinajstić information content (AvgIpc) is 3.05. The molecule has 0 radical (unpaired) electrons. The van der Waals surface area contributed by atoms with Gasteiger partial charge in [0.1, 0.15) is 0 Å². The van der Waals surface area contributed by atoms with Crippen LogP contribution in [-0.2, 0) is 6.42 Å². The first kappa shape index (κ1) is 11.8. The fourth-order valence-electron chi connectivity index (χ4n) is 3.81. The first-order chi connectivity index (χ1) is 9.29. The highest BCUT2D eigenvalue weighted by atomic mass is 35.5. The molecule has 2 aliphatic rings. The number of benzene rings is 2. The Labute approximate surface area is 119 Å². The van der Waals surface area contributed by atoms with Gasteiger partial charge in [0.05, 0.1) is 0 Å². The lowest BCUT2D eigenvalue weighted by molar-refractivity contribution is 0.460. The monoisotopic (exact) mass is 270 g/mol. The second-order valence-corrected chi connectivity index (χ2v) is 6.95. The zero-order chi connectivity index (χ0) is 12.8. The first-order valence-corrected chi connectivity index (χ1v) is 7.85. The number of alkyl halides is 1. The molecule has 0 nitrogen and oxygen atoms in total. The van der Waals surface area contributed by atoms with Crippen molar-refractivity contribution in [2.24, 2.45) is 17.8 Å². The van der Waals surface area contributed by atoms with Crippen molar-refractivity contribution < 1.29 is 0 Å². The summed E-state index contributed by atoms with van der Waals surface area (Å²) >= 11 is 6.66. The second kappa shape index (κ2) is 4.52. The van der Waals surface area contributed by atoms with Crippen molar-refractivity contribution in [3.05, 3.63) is 48.0 Å². The minimum absolute atomic E-state index is 0.328. The molecule has 3 unspecified atom stereocenters. The van der Waals surface area contributed by atoms with Crippen LogP contribution in [-0.4, -0.2) is 5.38 Å². The maximum Gasteiger partial charge on any atom is 0.0404 e. The van der Waals surface area contributed by atoms with Crippen LogP contribution in [0.5, 0.6) is 0 Å². The quantitative estimate of drug-likeness (QED) is 0.686. The molecular formula is C18H19Cl. The van der Waals surface area contributed by atoms with E-state index in [0.717, 1.165) is 24.2 Å². The van der Waals surface area contributed by atoms with Crippen LogP contribution in [0.3, 0.4) is 0 Å². The fourth-order valence-corrected chi connectivity index (χ4v) is 4.20. The summed E-state index contributed by atoms with van der Waals surface area (Å²) in [5.41, 5.74) is 1.39. The molecule has 1 heteroatoms. The van der Waals surface area contributed by atoms with E-state index in [4.69, 9.17) is 11.6 Å².